The molecule has 0 aliphatic rings. The van der Waals surface area contributed by atoms with Gasteiger partial charge < -0.3 is 9.30 Å². The zero-order valence-corrected chi connectivity index (χ0v) is 16.9. The fourth-order valence-corrected chi connectivity index (χ4v) is 3.52. The van der Waals surface area contributed by atoms with E-state index >= 15 is 0 Å². The van der Waals surface area contributed by atoms with E-state index in [4.69, 9.17) is 16.3 Å². The molecule has 0 saturated carbocycles. The average molecular weight is 396 g/mol. The van der Waals surface area contributed by atoms with E-state index in [9.17, 15) is 9.59 Å². The van der Waals surface area contributed by atoms with E-state index in [0.717, 1.165) is 12.0 Å². The van der Waals surface area contributed by atoms with Gasteiger partial charge in [0, 0.05) is 28.3 Å². The first-order valence-electron chi connectivity index (χ1n) is 9.05. The molecule has 28 heavy (non-hydrogen) atoms. The Morgan fingerprint density at radius 1 is 1.11 bits per heavy atom. The lowest BCUT2D eigenvalue weighted by Crippen LogP contribution is -2.24. The van der Waals surface area contributed by atoms with Crippen molar-refractivity contribution < 1.29 is 9.53 Å². The highest BCUT2D eigenvalue weighted by Gasteiger charge is 2.18. The molecule has 144 valence electrons. The number of carbonyl (C=O) groups excluding carboxylic acids is 1. The number of nitrogens with zero attached hydrogens (tertiary/aromatic N) is 1. The van der Waals surface area contributed by atoms with Gasteiger partial charge in [0.25, 0.3) is 5.56 Å². The summed E-state index contributed by atoms with van der Waals surface area (Å²) in [6.45, 7) is 3.48. The van der Waals surface area contributed by atoms with Crippen molar-refractivity contribution in [3.63, 3.8) is 0 Å². The summed E-state index contributed by atoms with van der Waals surface area (Å²) in [5.74, 6) is 0.416. The van der Waals surface area contributed by atoms with Crippen molar-refractivity contribution in [2.24, 2.45) is 0 Å². The Kier molecular flexibility index (Phi) is 6.00. The minimum absolute atomic E-state index is 0.0514. The molecule has 3 rings (SSSR count). The van der Waals surface area contributed by atoms with Crippen LogP contribution in [-0.4, -0.2) is 17.5 Å². The van der Waals surface area contributed by atoms with E-state index in [2.05, 4.69) is 0 Å². The van der Waals surface area contributed by atoms with Gasteiger partial charge in [-0.2, -0.15) is 0 Å². The smallest absolute Gasteiger partial charge is 0.251 e. The molecule has 0 N–H and O–H groups in total. The van der Waals surface area contributed by atoms with Crippen LogP contribution in [0.3, 0.4) is 0 Å². The van der Waals surface area contributed by atoms with E-state index in [-0.39, 0.29) is 17.4 Å². The molecular formula is C23H22ClNO3. The topological polar surface area (TPSA) is 48.3 Å². The summed E-state index contributed by atoms with van der Waals surface area (Å²) in [5, 5.41) is 0.490. The molecule has 4 nitrogen and oxygen atoms in total. The maximum absolute atomic E-state index is 12.9. The van der Waals surface area contributed by atoms with Gasteiger partial charge in [0.1, 0.15) is 5.75 Å². The molecule has 0 radical (unpaired) electrons. The Hall–Kier alpha value is -2.85. The Morgan fingerprint density at radius 2 is 1.82 bits per heavy atom. The molecule has 1 heterocycles. The van der Waals surface area contributed by atoms with Gasteiger partial charge >= 0.3 is 0 Å². The third-order valence-electron chi connectivity index (χ3n) is 4.76. The van der Waals surface area contributed by atoms with Crippen LogP contribution in [-0.2, 0) is 6.42 Å². The number of carbonyl (C=O) groups is 1. The quantitative estimate of drug-likeness (QED) is 0.540. The van der Waals surface area contributed by atoms with Crippen LogP contribution < -0.4 is 10.3 Å². The fourth-order valence-electron chi connectivity index (χ4n) is 3.35. The zero-order chi connectivity index (χ0) is 20.3. The van der Waals surface area contributed by atoms with E-state index in [1.165, 1.54) is 13.0 Å². The summed E-state index contributed by atoms with van der Waals surface area (Å²) in [5.41, 5.74) is 2.64. The molecule has 3 aromatic rings. The largest absolute Gasteiger partial charge is 0.495 e. The van der Waals surface area contributed by atoms with Crippen molar-refractivity contribution in [3.8, 4) is 16.9 Å². The number of pyridine rings is 1. The number of aromatic nitrogens is 1. The lowest BCUT2D eigenvalue weighted by molar-refractivity contribution is 0.101. The minimum atomic E-state index is -0.159. The lowest BCUT2D eigenvalue weighted by atomic mass is 9.97. The van der Waals surface area contributed by atoms with Gasteiger partial charge in [-0.25, -0.2) is 0 Å². The highest BCUT2D eigenvalue weighted by Crippen LogP contribution is 2.34. The Balaban J connectivity index is 2.07. The first-order chi connectivity index (χ1) is 13.4. The summed E-state index contributed by atoms with van der Waals surface area (Å²) in [7, 11) is 1.55. The molecule has 1 atom stereocenters. The molecule has 5 heteroatoms. The van der Waals surface area contributed by atoms with Gasteiger partial charge in [-0.3, -0.25) is 9.59 Å². The number of hydrogen-bond acceptors (Lipinski definition) is 3. The molecule has 0 bridgehead atoms. The van der Waals surface area contributed by atoms with Crippen LogP contribution in [0.1, 0.15) is 35.8 Å². The standard InChI is InChI=1S/C23H22ClNO3/c1-15(11-17-7-5-4-6-8-17)25-14-22(28-3)21(13-23(25)27)20-12-18(24)9-10-19(20)16(2)26/h4-10,12-15H,11H2,1-3H3/t15-/m0/s1. The number of Topliss-reactive ketones (excluding diaryl/α,β-unsaturated/α-hetero) is 1. The van der Waals surface area contributed by atoms with Crippen LogP contribution in [0.2, 0.25) is 5.02 Å². The van der Waals surface area contributed by atoms with Crippen LogP contribution in [0.4, 0.5) is 0 Å². The van der Waals surface area contributed by atoms with Crippen LogP contribution in [0, 0.1) is 0 Å². The van der Waals surface area contributed by atoms with Crippen molar-refractivity contribution >= 4 is 17.4 Å². The lowest BCUT2D eigenvalue weighted by Gasteiger charge is -2.19. The average Bonchev–Trinajstić information content (AvgIpc) is 2.68. The van der Waals surface area contributed by atoms with Gasteiger partial charge in [0.2, 0.25) is 0 Å². The number of ether oxygens (including phenoxy) is 1. The first-order valence-corrected chi connectivity index (χ1v) is 9.43. The highest BCUT2D eigenvalue weighted by atomic mass is 35.5. The summed E-state index contributed by atoms with van der Waals surface area (Å²) < 4.78 is 7.22. The second-order valence-corrected chi connectivity index (χ2v) is 7.22. The number of rotatable bonds is 6. The second kappa shape index (κ2) is 8.44. The van der Waals surface area contributed by atoms with Crippen molar-refractivity contribution in [3.05, 3.63) is 87.3 Å². The van der Waals surface area contributed by atoms with Gasteiger partial charge in [0.05, 0.1) is 13.3 Å². The van der Waals surface area contributed by atoms with Crippen molar-refractivity contribution in [1.29, 1.82) is 0 Å². The maximum atomic E-state index is 12.9. The molecule has 0 unspecified atom stereocenters. The van der Waals surface area contributed by atoms with Crippen molar-refractivity contribution in [2.75, 3.05) is 7.11 Å². The molecular weight excluding hydrogens is 374 g/mol. The molecule has 0 amide bonds. The SMILES string of the molecule is COc1cn([C@@H](C)Cc2ccccc2)c(=O)cc1-c1cc(Cl)ccc1C(C)=O. The van der Waals surface area contributed by atoms with Gasteiger partial charge in [-0.15, -0.1) is 0 Å². The summed E-state index contributed by atoms with van der Waals surface area (Å²) >= 11 is 6.14. The zero-order valence-electron chi connectivity index (χ0n) is 16.1. The highest BCUT2D eigenvalue weighted by molar-refractivity contribution is 6.31. The third kappa shape index (κ3) is 4.18. The predicted octanol–water partition coefficient (Wildman–Crippen LogP) is 5.18. The fraction of sp³-hybridized carbons (Fsp3) is 0.217. The summed E-state index contributed by atoms with van der Waals surface area (Å²) in [4.78, 5) is 24.9. The number of ketones is 1. The second-order valence-electron chi connectivity index (χ2n) is 6.79. The molecule has 0 aliphatic carbocycles. The molecule has 0 fully saturated rings. The molecule has 0 spiro atoms. The molecule has 2 aromatic carbocycles. The van der Waals surface area contributed by atoms with Crippen LogP contribution in [0.5, 0.6) is 5.75 Å². The van der Waals surface area contributed by atoms with Gasteiger partial charge in [-0.1, -0.05) is 41.9 Å². The van der Waals surface area contributed by atoms with Crippen molar-refractivity contribution in [1.82, 2.24) is 4.57 Å². The maximum Gasteiger partial charge on any atom is 0.251 e. The van der Waals surface area contributed by atoms with E-state index in [1.807, 2.05) is 37.3 Å². The van der Waals surface area contributed by atoms with E-state index in [0.29, 0.717) is 27.5 Å². The van der Waals surface area contributed by atoms with E-state index < -0.39 is 0 Å². The normalized spacial score (nSPS) is 11.9. The van der Waals surface area contributed by atoms with Crippen LogP contribution in [0.15, 0.2) is 65.6 Å². The molecule has 1 aromatic heterocycles. The number of halogens is 1. The Labute approximate surface area is 169 Å². The van der Waals surface area contributed by atoms with Crippen LogP contribution >= 0.6 is 11.6 Å². The van der Waals surface area contributed by atoms with Gasteiger partial charge in [-0.05, 0) is 49.6 Å². The summed E-state index contributed by atoms with van der Waals surface area (Å²) in [6.07, 6.45) is 2.43. The van der Waals surface area contributed by atoms with E-state index in [1.54, 1.807) is 36.1 Å². The van der Waals surface area contributed by atoms with Gasteiger partial charge in [0.15, 0.2) is 5.78 Å². The number of benzene rings is 2. The monoisotopic (exact) mass is 395 g/mol. The number of hydrogen-bond donors (Lipinski definition) is 0. The third-order valence-corrected chi connectivity index (χ3v) is 5.00. The summed E-state index contributed by atoms with van der Waals surface area (Å²) in [6, 6.07) is 16.5. The van der Waals surface area contributed by atoms with Crippen LogP contribution in [0.25, 0.3) is 11.1 Å². The Morgan fingerprint density at radius 3 is 2.46 bits per heavy atom. The number of methoxy groups -OCH3 is 1. The van der Waals surface area contributed by atoms with Crippen molar-refractivity contribution in [2.45, 2.75) is 26.3 Å². The Bertz CT molecular complexity index is 1060. The minimum Gasteiger partial charge on any atom is -0.495 e. The molecule has 0 saturated heterocycles. The predicted molar refractivity (Wildman–Crippen MR) is 113 cm³/mol. The first kappa shape index (κ1) is 19.9. The molecule has 0 aliphatic heterocycles.